The highest BCUT2D eigenvalue weighted by atomic mass is 16.3. The summed E-state index contributed by atoms with van der Waals surface area (Å²) in [5.74, 6) is 0. The lowest BCUT2D eigenvalue weighted by Gasteiger charge is -2.36. The van der Waals surface area contributed by atoms with Gasteiger partial charge < -0.3 is 10.0 Å². The molecule has 0 heterocycles. The summed E-state index contributed by atoms with van der Waals surface area (Å²) in [6.07, 6.45) is 8.25. The second-order valence-electron chi connectivity index (χ2n) is 5.01. The van der Waals surface area contributed by atoms with Crippen molar-refractivity contribution in [3.05, 3.63) is 0 Å². The van der Waals surface area contributed by atoms with Crippen LogP contribution in [-0.2, 0) is 0 Å². The molecule has 0 aromatic heterocycles. The molecule has 90 valence electrons. The van der Waals surface area contributed by atoms with E-state index in [9.17, 15) is 5.11 Å². The third-order valence-corrected chi connectivity index (χ3v) is 3.58. The first-order valence-corrected chi connectivity index (χ1v) is 6.65. The molecule has 0 radical (unpaired) electrons. The van der Waals surface area contributed by atoms with Crippen molar-refractivity contribution in [2.24, 2.45) is 0 Å². The second-order valence-corrected chi connectivity index (χ2v) is 5.01. The van der Waals surface area contributed by atoms with Gasteiger partial charge in [0.2, 0.25) is 0 Å². The van der Waals surface area contributed by atoms with Crippen LogP contribution in [0.15, 0.2) is 0 Å². The number of unbranched alkanes of at least 4 members (excludes halogenated alkanes) is 1. The van der Waals surface area contributed by atoms with E-state index in [-0.39, 0.29) is 5.60 Å². The molecule has 2 nitrogen and oxygen atoms in total. The first-order valence-electron chi connectivity index (χ1n) is 6.65. The van der Waals surface area contributed by atoms with Gasteiger partial charge in [-0.1, -0.05) is 39.5 Å². The third kappa shape index (κ3) is 4.52. The van der Waals surface area contributed by atoms with Crippen LogP contribution < -0.4 is 0 Å². The molecule has 1 aliphatic carbocycles. The van der Waals surface area contributed by atoms with Crippen molar-refractivity contribution in [2.45, 2.75) is 64.4 Å². The highest BCUT2D eigenvalue weighted by Crippen LogP contribution is 2.28. The van der Waals surface area contributed by atoms with E-state index >= 15 is 0 Å². The Morgan fingerprint density at radius 1 is 1.13 bits per heavy atom. The van der Waals surface area contributed by atoms with Gasteiger partial charge in [0, 0.05) is 6.54 Å². The Bertz CT molecular complexity index is 164. The molecular weight excluding hydrogens is 186 g/mol. The van der Waals surface area contributed by atoms with Gasteiger partial charge in [-0.2, -0.15) is 0 Å². The molecule has 0 atom stereocenters. The Kier molecular flexibility index (Phi) is 5.62. The van der Waals surface area contributed by atoms with Crippen LogP contribution in [0.25, 0.3) is 0 Å². The van der Waals surface area contributed by atoms with Crippen molar-refractivity contribution in [3.8, 4) is 0 Å². The molecule has 1 saturated carbocycles. The van der Waals surface area contributed by atoms with Crippen LogP contribution in [0.2, 0.25) is 0 Å². The van der Waals surface area contributed by atoms with Gasteiger partial charge in [0.25, 0.3) is 0 Å². The highest BCUT2D eigenvalue weighted by Gasteiger charge is 2.30. The summed E-state index contributed by atoms with van der Waals surface area (Å²) in [6, 6.07) is 0. The lowest BCUT2D eigenvalue weighted by molar-refractivity contribution is -0.0254. The highest BCUT2D eigenvalue weighted by molar-refractivity contribution is 4.85. The summed E-state index contributed by atoms with van der Waals surface area (Å²) in [6.45, 7) is 7.53. The van der Waals surface area contributed by atoms with Gasteiger partial charge in [-0.25, -0.2) is 0 Å². The van der Waals surface area contributed by atoms with Crippen LogP contribution in [0.5, 0.6) is 0 Å². The molecule has 1 N–H and O–H groups in total. The zero-order valence-corrected chi connectivity index (χ0v) is 10.5. The fourth-order valence-electron chi connectivity index (χ4n) is 2.51. The van der Waals surface area contributed by atoms with E-state index in [1.54, 1.807) is 0 Å². The molecule has 1 rings (SSSR count). The van der Waals surface area contributed by atoms with E-state index in [1.165, 1.54) is 32.1 Å². The Labute approximate surface area is 94.7 Å². The minimum absolute atomic E-state index is 0.373. The predicted molar refractivity (Wildman–Crippen MR) is 65.1 cm³/mol. The minimum Gasteiger partial charge on any atom is -0.389 e. The van der Waals surface area contributed by atoms with Gasteiger partial charge in [-0.3, -0.25) is 0 Å². The van der Waals surface area contributed by atoms with Gasteiger partial charge in [-0.05, 0) is 32.4 Å². The van der Waals surface area contributed by atoms with E-state index in [4.69, 9.17) is 0 Å². The first kappa shape index (κ1) is 13.0. The number of rotatable bonds is 6. The van der Waals surface area contributed by atoms with Gasteiger partial charge in [-0.15, -0.1) is 0 Å². The van der Waals surface area contributed by atoms with Crippen LogP contribution in [0.1, 0.15) is 58.8 Å². The van der Waals surface area contributed by atoms with E-state index in [2.05, 4.69) is 18.7 Å². The summed E-state index contributed by atoms with van der Waals surface area (Å²) in [5.41, 5.74) is -0.373. The SMILES string of the molecule is CCCCN(CC)CC1(O)CCCCC1. The zero-order chi connectivity index (χ0) is 11.1. The third-order valence-electron chi connectivity index (χ3n) is 3.58. The minimum atomic E-state index is -0.373. The summed E-state index contributed by atoms with van der Waals surface area (Å²) >= 11 is 0. The fraction of sp³-hybridized carbons (Fsp3) is 1.00. The summed E-state index contributed by atoms with van der Waals surface area (Å²) in [5, 5.41) is 10.4. The van der Waals surface area contributed by atoms with Crippen LogP contribution in [0, 0.1) is 0 Å². The first-order chi connectivity index (χ1) is 7.20. The van der Waals surface area contributed by atoms with Crippen LogP contribution in [0.3, 0.4) is 0 Å². The average Bonchev–Trinajstić information content (AvgIpc) is 2.25. The van der Waals surface area contributed by atoms with E-state index in [0.29, 0.717) is 0 Å². The van der Waals surface area contributed by atoms with Gasteiger partial charge in [0.15, 0.2) is 0 Å². The van der Waals surface area contributed by atoms with Crippen molar-refractivity contribution in [1.29, 1.82) is 0 Å². The fourth-order valence-corrected chi connectivity index (χ4v) is 2.51. The lowest BCUT2D eigenvalue weighted by atomic mass is 9.84. The summed E-state index contributed by atoms with van der Waals surface area (Å²) in [4.78, 5) is 2.41. The monoisotopic (exact) mass is 213 g/mol. The number of likely N-dealkylation sites (N-methyl/N-ethyl adjacent to an activating group) is 1. The standard InChI is InChI=1S/C13H27NO/c1-3-5-11-14(4-2)12-13(15)9-7-6-8-10-13/h15H,3-12H2,1-2H3. The molecule has 15 heavy (non-hydrogen) atoms. The predicted octanol–water partition coefficient (Wildman–Crippen LogP) is 2.80. The zero-order valence-electron chi connectivity index (χ0n) is 10.5. The van der Waals surface area contributed by atoms with E-state index in [1.807, 2.05) is 0 Å². The maximum absolute atomic E-state index is 10.4. The Balaban J connectivity index is 2.34. The molecule has 0 unspecified atom stereocenters. The number of hydrogen-bond acceptors (Lipinski definition) is 2. The molecule has 0 amide bonds. The topological polar surface area (TPSA) is 23.5 Å². The molecule has 0 saturated heterocycles. The second kappa shape index (κ2) is 6.49. The summed E-state index contributed by atoms with van der Waals surface area (Å²) in [7, 11) is 0. The molecule has 1 aliphatic rings. The van der Waals surface area contributed by atoms with Crippen LogP contribution >= 0.6 is 0 Å². The molecule has 0 aliphatic heterocycles. The van der Waals surface area contributed by atoms with Gasteiger partial charge in [0.05, 0.1) is 5.60 Å². The number of hydrogen-bond donors (Lipinski definition) is 1. The average molecular weight is 213 g/mol. The van der Waals surface area contributed by atoms with Crippen molar-refractivity contribution >= 4 is 0 Å². The maximum Gasteiger partial charge on any atom is 0.0774 e. The number of aliphatic hydroxyl groups is 1. The van der Waals surface area contributed by atoms with Gasteiger partial charge >= 0.3 is 0 Å². The molecule has 0 bridgehead atoms. The largest absolute Gasteiger partial charge is 0.389 e. The van der Waals surface area contributed by atoms with Crippen LogP contribution in [0.4, 0.5) is 0 Å². The van der Waals surface area contributed by atoms with Crippen molar-refractivity contribution in [3.63, 3.8) is 0 Å². The molecule has 0 spiro atoms. The maximum atomic E-state index is 10.4. The lowest BCUT2D eigenvalue weighted by Crippen LogP contribution is -2.44. The Morgan fingerprint density at radius 2 is 1.80 bits per heavy atom. The van der Waals surface area contributed by atoms with E-state index < -0.39 is 0 Å². The smallest absolute Gasteiger partial charge is 0.0774 e. The Hall–Kier alpha value is -0.0800. The normalized spacial score (nSPS) is 20.8. The molecule has 0 aromatic carbocycles. The quantitative estimate of drug-likeness (QED) is 0.733. The van der Waals surface area contributed by atoms with Crippen molar-refractivity contribution in [1.82, 2.24) is 4.90 Å². The van der Waals surface area contributed by atoms with Crippen molar-refractivity contribution in [2.75, 3.05) is 19.6 Å². The van der Waals surface area contributed by atoms with Crippen LogP contribution in [-0.4, -0.2) is 35.2 Å². The van der Waals surface area contributed by atoms with Gasteiger partial charge in [0.1, 0.15) is 0 Å². The molecule has 1 fully saturated rings. The van der Waals surface area contributed by atoms with E-state index in [0.717, 1.165) is 32.5 Å². The molecule has 0 aromatic rings. The summed E-state index contributed by atoms with van der Waals surface area (Å²) < 4.78 is 0. The molecular formula is C13H27NO. The van der Waals surface area contributed by atoms with Crippen molar-refractivity contribution < 1.29 is 5.11 Å². The number of nitrogens with zero attached hydrogens (tertiary/aromatic N) is 1. The molecule has 2 heteroatoms. The Morgan fingerprint density at radius 3 is 2.33 bits per heavy atom.